The first-order valence-electron chi connectivity index (χ1n) is 4.68. The van der Waals surface area contributed by atoms with Crippen LogP contribution in [0.1, 0.15) is 19.9 Å². The third-order valence-electron chi connectivity index (χ3n) is 2.13. The van der Waals surface area contributed by atoms with Crippen molar-refractivity contribution in [1.29, 1.82) is 0 Å². The number of fused-ring (bicyclic) bond motifs is 1. The van der Waals surface area contributed by atoms with Crippen LogP contribution in [-0.4, -0.2) is 19.5 Å². The molecule has 0 bridgehead atoms. The van der Waals surface area contributed by atoms with E-state index >= 15 is 0 Å². The van der Waals surface area contributed by atoms with Crippen LogP contribution in [0.4, 0.5) is 4.39 Å². The molecule has 2 heterocycles. The second kappa shape index (κ2) is 3.75. The molecule has 7 heteroatoms. The molecule has 0 atom stereocenters. The quantitative estimate of drug-likeness (QED) is 0.768. The van der Waals surface area contributed by atoms with E-state index in [1.807, 2.05) is 13.8 Å². The van der Waals surface area contributed by atoms with Crippen LogP contribution in [0, 0.1) is 10.7 Å². The van der Waals surface area contributed by atoms with E-state index in [1.165, 1.54) is 0 Å². The lowest BCUT2D eigenvalue weighted by Gasteiger charge is -2.10. The second-order valence-corrected chi connectivity index (χ2v) is 3.98. The largest absolute Gasteiger partial charge is 0.319 e. The number of aromatic amines is 1. The van der Waals surface area contributed by atoms with Gasteiger partial charge in [0, 0.05) is 12.2 Å². The van der Waals surface area contributed by atoms with E-state index in [1.54, 1.807) is 10.8 Å². The summed E-state index contributed by atoms with van der Waals surface area (Å²) >= 11 is 5.04. The number of nitrogens with one attached hydrogen (secondary N) is 1. The summed E-state index contributed by atoms with van der Waals surface area (Å²) in [5.74, 6) is -1.07. The number of H-pyrrole nitrogens is 1. The van der Waals surface area contributed by atoms with Gasteiger partial charge in [-0.15, -0.1) is 0 Å². The van der Waals surface area contributed by atoms with Crippen molar-refractivity contribution in [2.24, 2.45) is 0 Å². The lowest BCUT2D eigenvalue weighted by molar-refractivity contribution is 0.560. The molecule has 16 heavy (non-hydrogen) atoms. The highest BCUT2D eigenvalue weighted by Gasteiger charge is 2.07. The molecule has 1 N–H and O–H groups in total. The Morgan fingerprint density at radius 3 is 2.81 bits per heavy atom. The van der Waals surface area contributed by atoms with E-state index < -0.39 is 11.5 Å². The minimum atomic E-state index is -1.07. The van der Waals surface area contributed by atoms with Gasteiger partial charge >= 0.3 is 5.56 Å². The Hall–Kier alpha value is -1.63. The van der Waals surface area contributed by atoms with Gasteiger partial charge in [-0.2, -0.15) is 4.39 Å². The molecule has 0 amide bonds. The molecule has 0 saturated heterocycles. The first-order valence-corrected chi connectivity index (χ1v) is 5.08. The monoisotopic (exact) mass is 240 g/mol. The standard InChI is InChI=1S/C9H9FN4OS/c1-4(2)14-3-5-7(13-9(14)16)12-8(15)6(10)11-5/h3-4H,1-2H3,(H,12,13,15,16). The summed E-state index contributed by atoms with van der Waals surface area (Å²) in [6.45, 7) is 3.84. The maximum absolute atomic E-state index is 13.0. The zero-order valence-corrected chi connectivity index (χ0v) is 9.51. The molecule has 0 fully saturated rings. The predicted molar refractivity (Wildman–Crippen MR) is 59.3 cm³/mol. The fraction of sp³-hybridized carbons (Fsp3) is 0.333. The van der Waals surface area contributed by atoms with Crippen molar-refractivity contribution in [2.45, 2.75) is 19.9 Å². The number of halogens is 1. The third kappa shape index (κ3) is 1.73. The molecule has 0 spiro atoms. The molecule has 2 aromatic heterocycles. The van der Waals surface area contributed by atoms with Gasteiger partial charge in [0.1, 0.15) is 5.52 Å². The van der Waals surface area contributed by atoms with Gasteiger partial charge in [-0.1, -0.05) is 0 Å². The fourth-order valence-electron chi connectivity index (χ4n) is 1.32. The van der Waals surface area contributed by atoms with Crippen molar-refractivity contribution in [2.75, 3.05) is 0 Å². The van der Waals surface area contributed by atoms with Crippen LogP contribution < -0.4 is 5.56 Å². The van der Waals surface area contributed by atoms with Gasteiger partial charge in [0.05, 0.1) is 0 Å². The zero-order chi connectivity index (χ0) is 11.9. The van der Waals surface area contributed by atoms with Crippen molar-refractivity contribution in [3.8, 4) is 0 Å². The second-order valence-electron chi connectivity index (χ2n) is 3.62. The zero-order valence-electron chi connectivity index (χ0n) is 8.69. The van der Waals surface area contributed by atoms with E-state index in [4.69, 9.17) is 12.2 Å². The Labute approximate surface area is 95.0 Å². The Morgan fingerprint density at radius 2 is 2.19 bits per heavy atom. The average molecular weight is 240 g/mol. The molecule has 0 aliphatic carbocycles. The average Bonchev–Trinajstić information content (AvgIpc) is 2.19. The summed E-state index contributed by atoms with van der Waals surface area (Å²) in [6, 6.07) is 0.0983. The Morgan fingerprint density at radius 1 is 1.50 bits per heavy atom. The Balaban J connectivity index is 2.85. The van der Waals surface area contributed by atoms with Crippen molar-refractivity contribution < 1.29 is 4.39 Å². The van der Waals surface area contributed by atoms with Crippen LogP contribution in [-0.2, 0) is 0 Å². The van der Waals surface area contributed by atoms with Crippen molar-refractivity contribution >= 4 is 23.4 Å². The van der Waals surface area contributed by atoms with Gasteiger partial charge in [0.2, 0.25) is 4.77 Å². The Kier molecular flexibility index (Phi) is 2.55. The predicted octanol–water partition coefficient (Wildman–Crippen LogP) is 1.57. The minimum absolute atomic E-state index is 0.0983. The molecule has 0 saturated carbocycles. The summed E-state index contributed by atoms with van der Waals surface area (Å²) in [4.78, 5) is 20.8. The Bertz CT molecular complexity index is 661. The first kappa shape index (κ1) is 10.9. The highest BCUT2D eigenvalue weighted by molar-refractivity contribution is 7.71. The maximum Gasteiger partial charge on any atom is 0.305 e. The van der Waals surface area contributed by atoms with Gasteiger partial charge in [0.25, 0.3) is 5.95 Å². The van der Waals surface area contributed by atoms with Crippen LogP contribution in [0.3, 0.4) is 0 Å². The third-order valence-corrected chi connectivity index (χ3v) is 2.43. The normalized spacial score (nSPS) is 11.2. The summed E-state index contributed by atoms with van der Waals surface area (Å²) in [6.07, 6.45) is 1.58. The molecule has 84 valence electrons. The SMILES string of the molecule is CC(C)n1cc2nc(F)c(=O)[nH]c2nc1=S. The van der Waals surface area contributed by atoms with Gasteiger partial charge in [-0.25, -0.2) is 9.97 Å². The van der Waals surface area contributed by atoms with E-state index in [0.717, 1.165) is 0 Å². The highest BCUT2D eigenvalue weighted by atomic mass is 32.1. The van der Waals surface area contributed by atoms with E-state index in [9.17, 15) is 9.18 Å². The van der Waals surface area contributed by atoms with Crippen LogP contribution in [0.5, 0.6) is 0 Å². The molecule has 0 aromatic carbocycles. The number of nitrogens with zero attached hydrogens (tertiary/aromatic N) is 3. The van der Waals surface area contributed by atoms with Crippen LogP contribution in [0.2, 0.25) is 0 Å². The molecule has 0 radical (unpaired) electrons. The van der Waals surface area contributed by atoms with Gasteiger partial charge < -0.3 is 9.55 Å². The lowest BCUT2D eigenvalue weighted by Crippen LogP contribution is -2.15. The molecule has 2 aromatic rings. The first-order chi connectivity index (χ1) is 7.49. The van der Waals surface area contributed by atoms with E-state index in [-0.39, 0.29) is 17.2 Å². The van der Waals surface area contributed by atoms with E-state index in [0.29, 0.717) is 4.77 Å². The highest BCUT2D eigenvalue weighted by Crippen LogP contribution is 2.09. The van der Waals surface area contributed by atoms with Crippen LogP contribution in [0.25, 0.3) is 11.2 Å². The van der Waals surface area contributed by atoms with Crippen LogP contribution >= 0.6 is 12.2 Å². The minimum Gasteiger partial charge on any atom is -0.319 e. The van der Waals surface area contributed by atoms with Crippen molar-refractivity contribution in [3.05, 3.63) is 27.3 Å². The number of hydrogen-bond donors (Lipinski definition) is 1. The van der Waals surface area contributed by atoms with Gasteiger partial charge in [0.15, 0.2) is 5.65 Å². The van der Waals surface area contributed by atoms with Crippen molar-refractivity contribution in [3.63, 3.8) is 0 Å². The number of aromatic nitrogens is 4. The molecule has 5 nitrogen and oxygen atoms in total. The number of hydrogen-bond acceptors (Lipinski definition) is 4. The topological polar surface area (TPSA) is 63.6 Å². The van der Waals surface area contributed by atoms with E-state index in [2.05, 4.69) is 15.0 Å². The molecule has 2 rings (SSSR count). The molecule has 0 aliphatic rings. The number of rotatable bonds is 1. The van der Waals surface area contributed by atoms with Gasteiger partial charge in [-0.3, -0.25) is 4.79 Å². The van der Waals surface area contributed by atoms with Crippen LogP contribution in [0.15, 0.2) is 11.0 Å². The maximum atomic E-state index is 13.0. The molecular formula is C9H9FN4OS. The van der Waals surface area contributed by atoms with Gasteiger partial charge in [-0.05, 0) is 26.1 Å². The molecule has 0 unspecified atom stereocenters. The summed E-state index contributed by atoms with van der Waals surface area (Å²) in [7, 11) is 0. The summed E-state index contributed by atoms with van der Waals surface area (Å²) < 4.78 is 15.0. The molecular weight excluding hydrogens is 231 g/mol. The lowest BCUT2D eigenvalue weighted by atomic mass is 10.4. The fourth-order valence-corrected chi connectivity index (χ4v) is 1.67. The smallest absolute Gasteiger partial charge is 0.305 e. The summed E-state index contributed by atoms with van der Waals surface area (Å²) in [5.41, 5.74) is -0.413. The molecule has 0 aliphatic heterocycles. The van der Waals surface area contributed by atoms with Crippen molar-refractivity contribution in [1.82, 2.24) is 19.5 Å². The summed E-state index contributed by atoms with van der Waals surface area (Å²) in [5, 5.41) is 0.